The van der Waals surface area contributed by atoms with E-state index in [0.29, 0.717) is 12.0 Å². The van der Waals surface area contributed by atoms with E-state index in [1.807, 2.05) is 6.08 Å². The topological polar surface area (TPSA) is 0 Å². The molecule has 0 aromatic rings. The molecule has 0 amide bonds. The lowest BCUT2D eigenvalue weighted by Gasteiger charge is -2.04. The van der Waals surface area contributed by atoms with Crippen molar-refractivity contribution in [2.45, 2.75) is 39.3 Å². The summed E-state index contributed by atoms with van der Waals surface area (Å²) in [4.78, 5) is 0. The summed E-state index contributed by atoms with van der Waals surface area (Å²) < 4.78 is 12.9. The smallest absolute Gasteiger partial charge is 0.139 e. The van der Waals surface area contributed by atoms with Gasteiger partial charge in [0.15, 0.2) is 0 Å². The SMILES string of the molecule is C=CC(F)C(=C)C/C=C(\C)CCC. The van der Waals surface area contributed by atoms with Crippen molar-refractivity contribution in [2.24, 2.45) is 0 Å². The lowest BCUT2D eigenvalue weighted by atomic mass is 10.1. The third kappa shape index (κ3) is 5.40. The molecule has 0 N–H and O–H groups in total. The summed E-state index contributed by atoms with van der Waals surface area (Å²) in [5, 5.41) is 0. The molecule has 0 aliphatic carbocycles. The summed E-state index contributed by atoms with van der Waals surface area (Å²) in [5.74, 6) is 0. The van der Waals surface area contributed by atoms with Crippen LogP contribution in [0.15, 0.2) is 36.5 Å². The van der Waals surface area contributed by atoms with Gasteiger partial charge < -0.3 is 0 Å². The molecule has 0 heterocycles. The maximum Gasteiger partial charge on any atom is 0.139 e. The third-order valence-corrected chi connectivity index (χ3v) is 1.95. The van der Waals surface area contributed by atoms with Crippen LogP contribution < -0.4 is 0 Å². The summed E-state index contributed by atoms with van der Waals surface area (Å²) in [5.41, 5.74) is 1.89. The molecule has 0 aliphatic heterocycles. The molecular weight excluding hydrogens is 163 g/mol. The van der Waals surface area contributed by atoms with Gasteiger partial charge in [-0.25, -0.2) is 4.39 Å². The van der Waals surface area contributed by atoms with Crippen molar-refractivity contribution in [3.05, 3.63) is 36.5 Å². The molecule has 0 saturated carbocycles. The predicted molar refractivity (Wildman–Crippen MR) is 57.5 cm³/mol. The minimum absolute atomic E-state index is 0.588. The number of halogens is 1. The van der Waals surface area contributed by atoms with Crippen LogP contribution in [0, 0.1) is 0 Å². The zero-order chi connectivity index (χ0) is 10.3. The molecule has 74 valence electrons. The van der Waals surface area contributed by atoms with E-state index in [9.17, 15) is 4.39 Å². The average molecular weight is 182 g/mol. The molecule has 0 aliphatic rings. The lowest BCUT2D eigenvalue weighted by Crippen LogP contribution is -1.97. The molecule has 0 fully saturated rings. The molecule has 0 aromatic carbocycles. The van der Waals surface area contributed by atoms with E-state index in [0.717, 1.165) is 12.8 Å². The maximum atomic E-state index is 12.9. The zero-order valence-corrected chi connectivity index (χ0v) is 8.65. The molecule has 1 unspecified atom stereocenters. The van der Waals surface area contributed by atoms with E-state index in [1.54, 1.807) is 0 Å². The van der Waals surface area contributed by atoms with Crippen molar-refractivity contribution < 1.29 is 4.39 Å². The van der Waals surface area contributed by atoms with Crippen molar-refractivity contribution >= 4 is 0 Å². The molecule has 0 saturated heterocycles. The Balaban J connectivity index is 3.93. The Morgan fingerprint density at radius 1 is 1.54 bits per heavy atom. The molecule has 1 heteroatoms. The van der Waals surface area contributed by atoms with Gasteiger partial charge in [-0.3, -0.25) is 0 Å². The van der Waals surface area contributed by atoms with Gasteiger partial charge in [0.2, 0.25) is 0 Å². The predicted octanol–water partition coefficient (Wildman–Crippen LogP) is 4.20. The standard InChI is InChI=1S/C12H19F/c1-5-7-10(3)8-9-11(4)12(13)6-2/h6,8,12H,2,4-5,7,9H2,1,3H3/b10-8+. The highest BCUT2D eigenvalue weighted by Gasteiger charge is 2.03. The average Bonchev–Trinajstić information content (AvgIpc) is 2.13. The van der Waals surface area contributed by atoms with Gasteiger partial charge in [0.1, 0.15) is 6.17 Å². The fraction of sp³-hybridized carbons (Fsp3) is 0.500. The number of rotatable bonds is 6. The van der Waals surface area contributed by atoms with Gasteiger partial charge in [0.25, 0.3) is 0 Å². The van der Waals surface area contributed by atoms with Crippen LogP contribution in [0.4, 0.5) is 4.39 Å². The second kappa shape index (κ2) is 6.64. The minimum Gasteiger partial charge on any atom is -0.238 e. The van der Waals surface area contributed by atoms with E-state index in [4.69, 9.17) is 0 Å². The van der Waals surface area contributed by atoms with Crippen LogP contribution in [-0.4, -0.2) is 6.17 Å². The van der Waals surface area contributed by atoms with Crippen molar-refractivity contribution in [3.63, 3.8) is 0 Å². The normalized spacial score (nSPS) is 13.9. The summed E-state index contributed by atoms with van der Waals surface area (Å²) in [6, 6.07) is 0. The summed E-state index contributed by atoms with van der Waals surface area (Å²) in [6.45, 7) is 11.3. The highest BCUT2D eigenvalue weighted by molar-refractivity contribution is 5.15. The first kappa shape index (κ1) is 12.2. The Hall–Kier alpha value is -0.850. The van der Waals surface area contributed by atoms with E-state index in [1.165, 1.54) is 11.6 Å². The number of hydrogen-bond acceptors (Lipinski definition) is 0. The van der Waals surface area contributed by atoms with Crippen LogP contribution in [0.1, 0.15) is 33.1 Å². The fourth-order valence-electron chi connectivity index (χ4n) is 1.08. The first-order valence-corrected chi connectivity index (χ1v) is 4.71. The van der Waals surface area contributed by atoms with Crippen molar-refractivity contribution in [1.82, 2.24) is 0 Å². The zero-order valence-electron chi connectivity index (χ0n) is 8.65. The molecule has 13 heavy (non-hydrogen) atoms. The Morgan fingerprint density at radius 2 is 2.15 bits per heavy atom. The molecular formula is C12H19F. The highest BCUT2D eigenvalue weighted by Crippen LogP contribution is 2.13. The van der Waals surface area contributed by atoms with Crippen LogP contribution in [-0.2, 0) is 0 Å². The minimum atomic E-state index is -1.06. The van der Waals surface area contributed by atoms with Crippen molar-refractivity contribution in [1.29, 1.82) is 0 Å². The van der Waals surface area contributed by atoms with Crippen LogP contribution in [0.25, 0.3) is 0 Å². The van der Waals surface area contributed by atoms with Crippen LogP contribution in [0.3, 0.4) is 0 Å². The highest BCUT2D eigenvalue weighted by atomic mass is 19.1. The Kier molecular flexibility index (Phi) is 6.21. The second-order valence-corrected chi connectivity index (χ2v) is 3.30. The van der Waals surface area contributed by atoms with Gasteiger partial charge in [-0.1, -0.05) is 44.2 Å². The monoisotopic (exact) mass is 182 g/mol. The molecule has 1 atom stereocenters. The van der Waals surface area contributed by atoms with Gasteiger partial charge in [-0.15, -0.1) is 0 Å². The Bertz CT molecular complexity index is 201. The molecule has 0 bridgehead atoms. The Labute approximate surface area is 80.9 Å². The molecule has 0 radical (unpaired) electrons. The molecule has 0 spiro atoms. The Morgan fingerprint density at radius 3 is 2.62 bits per heavy atom. The summed E-state index contributed by atoms with van der Waals surface area (Å²) in [6.07, 6.45) is 5.10. The largest absolute Gasteiger partial charge is 0.238 e. The second-order valence-electron chi connectivity index (χ2n) is 3.30. The van der Waals surface area contributed by atoms with Gasteiger partial charge in [-0.2, -0.15) is 0 Å². The van der Waals surface area contributed by atoms with Gasteiger partial charge in [-0.05, 0) is 25.3 Å². The first-order valence-electron chi connectivity index (χ1n) is 4.71. The van der Waals surface area contributed by atoms with Gasteiger partial charge in [0.05, 0.1) is 0 Å². The van der Waals surface area contributed by atoms with E-state index < -0.39 is 6.17 Å². The third-order valence-electron chi connectivity index (χ3n) is 1.95. The van der Waals surface area contributed by atoms with Crippen LogP contribution in [0.2, 0.25) is 0 Å². The van der Waals surface area contributed by atoms with E-state index in [-0.39, 0.29) is 0 Å². The first-order chi connectivity index (χ1) is 6.11. The fourth-order valence-corrected chi connectivity index (χ4v) is 1.08. The molecule has 0 aromatic heterocycles. The molecule has 0 rings (SSSR count). The van der Waals surface area contributed by atoms with E-state index in [2.05, 4.69) is 27.0 Å². The van der Waals surface area contributed by atoms with Crippen LogP contribution in [0.5, 0.6) is 0 Å². The van der Waals surface area contributed by atoms with Crippen molar-refractivity contribution in [3.8, 4) is 0 Å². The van der Waals surface area contributed by atoms with Gasteiger partial charge in [0, 0.05) is 0 Å². The van der Waals surface area contributed by atoms with Crippen molar-refractivity contribution in [2.75, 3.05) is 0 Å². The van der Waals surface area contributed by atoms with E-state index >= 15 is 0 Å². The number of hydrogen-bond donors (Lipinski definition) is 0. The lowest BCUT2D eigenvalue weighted by molar-refractivity contribution is 0.446. The van der Waals surface area contributed by atoms with Crippen LogP contribution >= 0.6 is 0 Å². The molecule has 0 nitrogen and oxygen atoms in total. The summed E-state index contributed by atoms with van der Waals surface area (Å²) >= 11 is 0. The quantitative estimate of drug-likeness (QED) is 0.540. The number of alkyl halides is 1. The summed E-state index contributed by atoms with van der Waals surface area (Å²) in [7, 11) is 0. The number of allylic oxidation sites excluding steroid dienone is 4. The maximum absolute atomic E-state index is 12.9. The van der Waals surface area contributed by atoms with Gasteiger partial charge >= 0.3 is 0 Å².